The highest BCUT2D eigenvalue weighted by molar-refractivity contribution is 5.82. The molecule has 0 aromatic heterocycles. The summed E-state index contributed by atoms with van der Waals surface area (Å²) in [5, 5.41) is 3.00. The van der Waals surface area contributed by atoms with Gasteiger partial charge in [-0.15, -0.1) is 0 Å². The molecule has 0 bridgehead atoms. The van der Waals surface area contributed by atoms with Gasteiger partial charge in [0.1, 0.15) is 0 Å². The molecule has 3 heteroatoms. The maximum absolute atomic E-state index is 12.3. The van der Waals surface area contributed by atoms with Gasteiger partial charge in [0.25, 0.3) is 0 Å². The van der Waals surface area contributed by atoms with Gasteiger partial charge in [0.2, 0.25) is 5.91 Å². The van der Waals surface area contributed by atoms with Crippen LogP contribution in [0.2, 0.25) is 0 Å². The van der Waals surface area contributed by atoms with Gasteiger partial charge in [-0.3, -0.25) is 4.79 Å². The molecule has 0 aliphatic carbocycles. The van der Waals surface area contributed by atoms with E-state index in [9.17, 15) is 4.79 Å². The van der Waals surface area contributed by atoms with Crippen molar-refractivity contribution in [2.45, 2.75) is 45.2 Å². The van der Waals surface area contributed by atoms with Crippen LogP contribution < -0.4 is 11.1 Å². The summed E-state index contributed by atoms with van der Waals surface area (Å²) in [5.41, 5.74) is 9.49. The van der Waals surface area contributed by atoms with Gasteiger partial charge in [-0.05, 0) is 36.0 Å². The number of amides is 1. The first kappa shape index (κ1) is 17.2. The monoisotopic (exact) mass is 310 g/mol. The normalized spacial score (nSPS) is 13.6. The Morgan fingerprint density at radius 1 is 0.957 bits per heavy atom. The van der Waals surface area contributed by atoms with Crippen LogP contribution in [-0.2, 0) is 11.2 Å². The van der Waals surface area contributed by atoms with E-state index in [0.29, 0.717) is 12.3 Å². The van der Waals surface area contributed by atoms with E-state index in [4.69, 9.17) is 5.73 Å². The third-order valence-electron chi connectivity index (χ3n) is 4.10. The van der Waals surface area contributed by atoms with Crippen LogP contribution in [0.3, 0.4) is 0 Å². The molecule has 3 nitrogen and oxygen atoms in total. The van der Waals surface area contributed by atoms with Crippen molar-refractivity contribution < 1.29 is 4.79 Å². The van der Waals surface area contributed by atoms with E-state index in [-0.39, 0.29) is 11.9 Å². The first-order valence-electron chi connectivity index (χ1n) is 8.17. The Bertz CT molecular complexity index is 620. The van der Waals surface area contributed by atoms with Crippen molar-refractivity contribution in [2.75, 3.05) is 0 Å². The summed E-state index contributed by atoms with van der Waals surface area (Å²) >= 11 is 0. The number of hydrogen-bond donors (Lipinski definition) is 2. The van der Waals surface area contributed by atoms with Crippen molar-refractivity contribution in [3.05, 3.63) is 71.3 Å². The highest BCUT2D eigenvalue weighted by Crippen LogP contribution is 2.18. The number of carbonyl (C=O) groups is 1. The second-order valence-electron chi connectivity index (χ2n) is 6.35. The second-order valence-corrected chi connectivity index (χ2v) is 6.35. The first-order valence-corrected chi connectivity index (χ1v) is 8.17. The molecule has 0 radical (unpaired) electrons. The number of hydrogen-bond acceptors (Lipinski definition) is 2. The average molecular weight is 310 g/mol. The predicted octanol–water partition coefficient (Wildman–Crippen LogP) is 3.56. The maximum Gasteiger partial charge on any atom is 0.237 e. The Hall–Kier alpha value is -2.13. The number of carbonyl (C=O) groups excluding carboxylic acids is 1. The molecule has 2 atom stereocenters. The second kappa shape index (κ2) is 7.93. The minimum absolute atomic E-state index is 0.0504. The number of benzene rings is 2. The smallest absolute Gasteiger partial charge is 0.237 e. The van der Waals surface area contributed by atoms with Crippen LogP contribution in [0, 0.1) is 0 Å². The zero-order valence-electron chi connectivity index (χ0n) is 14.1. The average Bonchev–Trinajstić information content (AvgIpc) is 2.55. The molecule has 0 heterocycles. The molecule has 2 aromatic carbocycles. The van der Waals surface area contributed by atoms with Gasteiger partial charge in [-0.1, -0.05) is 68.4 Å². The molecule has 122 valence electrons. The van der Waals surface area contributed by atoms with Crippen LogP contribution in [-0.4, -0.2) is 11.9 Å². The minimum atomic E-state index is -0.533. The van der Waals surface area contributed by atoms with Crippen molar-refractivity contribution in [3.63, 3.8) is 0 Å². The lowest BCUT2D eigenvalue weighted by molar-refractivity contribution is -0.123. The number of nitrogens with one attached hydrogen (secondary N) is 1. The first-order chi connectivity index (χ1) is 11.0. The summed E-state index contributed by atoms with van der Waals surface area (Å²) in [6.07, 6.45) is 0.547. The highest BCUT2D eigenvalue weighted by atomic mass is 16.2. The molecule has 2 rings (SSSR count). The number of rotatable bonds is 6. The van der Waals surface area contributed by atoms with Gasteiger partial charge in [0.15, 0.2) is 0 Å². The van der Waals surface area contributed by atoms with E-state index in [1.54, 1.807) is 0 Å². The fourth-order valence-corrected chi connectivity index (χ4v) is 2.53. The van der Waals surface area contributed by atoms with Crippen molar-refractivity contribution >= 4 is 5.91 Å². The van der Waals surface area contributed by atoms with Crippen LogP contribution in [0.5, 0.6) is 0 Å². The molecule has 0 fully saturated rings. The van der Waals surface area contributed by atoms with Crippen LogP contribution in [0.1, 0.15) is 49.4 Å². The predicted molar refractivity (Wildman–Crippen MR) is 95.2 cm³/mol. The van der Waals surface area contributed by atoms with Gasteiger partial charge in [-0.25, -0.2) is 0 Å². The van der Waals surface area contributed by atoms with Gasteiger partial charge in [0, 0.05) is 0 Å². The topological polar surface area (TPSA) is 55.1 Å². The molecule has 23 heavy (non-hydrogen) atoms. The summed E-state index contributed by atoms with van der Waals surface area (Å²) in [5.74, 6) is 0.391. The quantitative estimate of drug-likeness (QED) is 0.857. The molecule has 0 aliphatic heterocycles. The van der Waals surface area contributed by atoms with Crippen LogP contribution in [0.15, 0.2) is 54.6 Å². The Labute approximate surface area is 138 Å². The number of nitrogens with two attached hydrogens (primary N) is 1. The molecule has 3 N–H and O–H groups in total. The molecule has 0 aliphatic rings. The fourth-order valence-electron chi connectivity index (χ4n) is 2.53. The lowest BCUT2D eigenvalue weighted by atomic mass is 9.99. The van der Waals surface area contributed by atoms with Crippen LogP contribution in [0.4, 0.5) is 0 Å². The fraction of sp³-hybridized carbons (Fsp3) is 0.350. The molecular formula is C20H26N2O. The van der Waals surface area contributed by atoms with Gasteiger partial charge in [0.05, 0.1) is 12.1 Å². The van der Waals surface area contributed by atoms with E-state index < -0.39 is 6.04 Å². The highest BCUT2D eigenvalue weighted by Gasteiger charge is 2.17. The third-order valence-corrected chi connectivity index (χ3v) is 4.10. The summed E-state index contributed by atoms with van der Waals surface area (Å²) in [6, 6.07) is 17.6. The Balaban J connectivity index is 1.93. The van der Waals surface area contributed by atoms with Gasteiger partial charge in [-0.2, -0.15) is 0 Å². The van der Waals surface area contributed by atoms with Crippen molar-refractivity contribution in [2.24, 2.45) is 5.73 Å². The van der Waals surface area contributed by atoms with Crippen molar-refractivity contribution in [1.29, 1.82) is 0 Å². The van der Waals surface area contributed by atoms with Crippen LogP contribution >= 0.6 is 0 Å². The summed E-state index contributed by atoms with van der Waals surface area (Å²) in [6.45, 7) is 6.32. The van der Waals surface area contributed by atoms with Crippen molar-refractivity contribution in [1.82, 2.24) is 5.32 Å². The molecule has 2 unspecified atom stereocenters. The Kier molecular flexibility index (Phi) is 5.94. The summed E-state index contributed by atoms with van der Waals surface area (Å²) in [7, 11) is 0. The summed E-state index contributed by atoms with van der Waals surface area (Å²) < 4.78 is 0. The van der Waals surface area contributed by atoms with Gasteiger partial charge < -0.3 is 11.1 Å². The Morgan fingerprint density at radius 2 is 1.52 bits per heavy atom. The van der Waals surface area contributed by atoms with Crippen LogP contribution in [0.25, 0.3) is 0 Å². The van der Waals surface area contributed by atoms with E-state index in [0.717, 1.165) is 11.1 Å². The SMILES string of the molecule is CC(C)c1ccc(C(C)NC(=O)C(N)Cc2ccccc2)cc1. The minimum Gasteiger partial charge on any atom is -0.348 e. The molecule has 0 spiro atoms. The van der Waals surface area contributed by atoms with Gasteiger partial charge >= 0.3 is 0 Å². The van der Waals surface area contributed by atoms with E-state index >= 15 is 0 Å². The lowest BCUT2D eigenvalue weighted by Gasteiger charge is -2.18. The molecule has 2 aromatic rings. The lowest BCUT2D eigenvalue weighted by Crippen LogP contribution is -2.42. The van der Waals surface area contributed by atoms with E-state index in [1.165, 1.54) is 5.56 Å². The zero-order chi connectivity index (χ0) is 16.8. The molecular weight excluding hydrogens is 284 g/mol. The molecule has 0 saturated heterocycles. The zero-order valence-corrected chi connectivity index (χ0v) is 14.1. The largest absolute Gasteiger partial charge is 0.348 e. The van der Waals surface area contributed by atoms with E-state index in [2.05, 4.69) is 43.4 Å². The maximum atomic E-state index is 12.3. The molecule has 0 saturated carbocycles. The summed E-state index contributed by atoms with van der Waals surface area (Å²) in [4.78, 5) is 12.3. The van der Waals surface area contributed by atoms with E-state index in [1.807, 2.05) is 37.3 Å². The Morgan fingerprint density at radius 3 is 2.09 bits per heavy atom. The standard InChI is InChI=1S/C20H26N2O/c1-14(2)17-9-11-18(12-10-17)15(3)22-20(23)19(21)13-16-7-5-4-6-8-16/h4-12,14-15,19H,13,21H2,1-3H3,(H,22,23). The molecule has 1 amide bonds. The van der Waals surface area contributed by atoms with Crippen molar-refractivity contribution in [3.8, 4) is 0 Å². The third kappa shape index (κ3) is 4.93.